The Balaban J connectivity index is 0.00000243. The fourth-order valence-corrected chi connectivity index (χ4v) is 3.12. The highest BCUT2D eigenvalue weighted by atomic mass is 35.5. The lowest BCUT2D eigenvalue weighted by atomic mass is 10.0. The van der Waals surface area contributed by atoms with Crippen LogP contribution in [0.25, 0.3) is 5.69 Å². The Labute approximate surface area is 162 Å². The first-order chi connectivity index (χ1) is 12.0. The zero-order valence-corrected chi connectivity index (χ0v) is 16.2. The van der Waals surface area contributed by atoms with E-state index >= 15 is 0 Å². The fraction of sp³-hybridized carbons (Fsp3) is 0.294. The van der Waals surface area contributed by atoms with Crippen LogP contribution in [0.4, 0.5) is 0 Å². The second kappa shape index (κ2) is 8.39. The Bertz CT molecular complexity index is 861. The van der Waals surface area contributed by atoms with Crippen molar-refractivity contribution in [2.75, 3.05) is 6.54 Å². The number of nitrogens with zero attached hydrogens (tertiary/aromatic N) is 4. The number of carbonyl (C=O) groups is 1. The summed E-state index contributed by atoms with van der Waals surface area (Å²) in [4.78, 5) is 16.8. The number of thiazole rings is 1. The molecule has 0 unspecified atom stereocenters. The van der Waals surface area contributed by atoms with E-state index in [0.717, 1.165) is 10.7 Å². The van der Waals surface area contributed by atoms with E-state index in [4.69, 9.17) is 5.73 Å². The van der Waals surface area contributed by atoms with E-state index in [1.54, 1.807) is 10.1 Å². The Morgan fingerprint density at radius 1 is 1.31 bits per heavy atom. The van der Waals surface area contributed by atoms with Gasteiger partial charge in [0.15, 0.2) is 0 Å². The first kappa shape index (κ1) is 20.0. The highest BCUT2D eigenvalue weighted by molar-refractivity contribution is 7.09. The summed E-state index contributed by atoms with van der Waals surface area (Å²) in [6, 6.07) is 9.70. The molecule has 26 heavy (non-hydrogen) atoms. The molecule has 2 aromatic heterocycles. The topological polar surface area (TPSA) is 98.7 Å². The molecule has 3 N–H and O–H groups in total. The predicted molar refractivity (Wildman–Crippen MR) is 104 cm³/mol. The minimum absolute atomic E-state index is 0. The van der Waals surface area contributed by atoms with E-state index in [2.05, 4.69) is 20.6 Å². The van der Waals surface area contributed by atoms with E-state index in [1.165, 1.54) is 11.3 Å². The monoisotopic (exact) mass is 392 g/mol. The zero-order chi connectivity index (χ0) is 17.9. The van der Waals surface area contributed by atoms with Crippen LogP contribution in [0, 0.1) is 0 Å². The molecule has 138 valence electrons. The van der Waals surface area contributed by atoms with Crippen LogP contribution in [-0.2, 0) is 12.0 Å². The molecule has 0 aliphatic carbocycles. The van der Waals surface area contributed by atoms with Crippen LogP contribution in [0.2, 0.25) is 0 Å². The van der Waals surface area contributed by atoms with Crippen molar-refractivity contribution in [1.82, 2.24) is 25.3 Å². The normalized spacial score (nSPS) is 11.0. The Morgan fingerprint density at radius 3 is 2.73 bits per heavy atom. The first-order valence-electron chi connectivity index (χ1n) is 7.95. The molecule has 0 bridgehead atoms. The molecule has 1 amide bonds. The summed E-state index contributed by atoms with van der Waals surface area (Å²) in [7, 11) is 0. The van der Waals surface area contributed by atoms with Gasteiger partial charge in [0.1, 0.15) is 11.4 Å². The van der Waals surface area contributed by atoms with Crippen molar-refractivity contribution >= 4 is 29.7 Å². The van der Waals surface area contributed by atoms with Gasteiger partial charge in [0.2, 0.25) is 0 Å². The van der Waals surface area contributed by atoms with Gasteiger partial charge in [-0.05, 0) is 32.5 Å². The number of carbonyl (C=O) groups excluding carboxylic acids is 1. The van der Waals surface area contributed by atoms with Crippen LogP contribution in [0.5, 0.6) is 0 Å². The average molecular weight is 393 g/mol. The van der Waals surface area contributed by atoms with Crippen molar-refractivity contribution in [2.24, 2.45) is 5.73 Å². The van der Waals surface area contributed by atoms with Crippen LogP contribution in [0.3, 0.4) is 0 Å². The zero-order valence-electron chi connectivity index (χ0n) is 14.5. The second-order valence-electron chi connectivity index (χ2n) is 6.13. The lowest BCUT2D eigenvalue weighted by Gasteiger charge is -2.23. The van der Waals surface area contributed by atoms with Gasteiger partial charge in [-0.3, -0.25) is 4.79 Å². The van der Waals surface area contributed by atoms with Gasteiger partial charge in [-0.2, -0.15) is 0 Å². The summed E-state index contributed by atoms with van der Waals surface area (Å²) in [5.41, 5.74) is 6.82. The summed E-state index contributed by atoms with van der Waals surface area (Å²) in [6.07, 6.45) is 2.49. The number of amides is 1. The van der Waals surface area contributed by atoms with Gasteiger partial charge in [0.25, 0.3) is 5.91 Å². The van der Waals surface area contributed by atoms with Crippen molar-refractivity contribution in [1.29, 1.82) is 0 Å². The van der Waals surface area contributed by atoms with Crippen LogP contribution < -0.4 is 11.1 Å². The Morgan fingerprint density at radius 2 is 2.04 bits per heavy atom. The molecule has 0 aliphatic heterocycles. The molecular formula is C17H21ClN6OS. The maximum absolute atomic E-state index is 12.5. The van der Waals surface area contributed by atoms with Gasteiger partial charge in [0, 0.05) is 11.8 Å². The highest BCUT2D eigenvalue weighted by Crippen LogP contribution is 2.20. The Kier molecular flexibility index (Phi) is 6.47. The summed E-state index contributed by atoms with van der Waals surface area (Å²) >= 11 is 1.44. The number of aromatic nitrogens is 4. The number of nitrogens with one attached hydrogen (secondary N) is 1. The van der Waals surface area contributed by atoms with E-state index in [1.807, 2.05) is 50.4 Å². The number of rotatable bonds is 6. The molecule has 0 radical (unpaired) electrons. The molecule has 1 aromatic carbocycles. The van der Waals surface area contributed by atoms with Crippen LogP contribution in [0.15, 0.2) is 41.9 Å². The molecule has 0 saturated carbocycles. The number of para-hydroxylation sites is 1. The second-order valence-corrected chi connectivity index (χ2v) is 7.07. The minimum Gasteiger partial charge on any atom is -0.340 e. The highest BCUT2D eigenvalue weighted by Gasteiger charge is 2.28. The standard InChI is InChI=1S/C17H20N6OS.ClH/c1-17(2,20-16(24)13-11-25-15(19-13)8-9-18)14-10-23(22-21-14)12-6-4-3-5-7-12;/h3-7,10-11H,8-9,18H2,1-2H3,(H,20,24);1H. The molecular weight excluding hydrogens is 372 g/mol. The molecule has 3 aromatic rings. The molecule has 9 heteroatoms. The summed E-state index contributed by atoms with van der Waals surface area (Å²) < 4.78 is 1.69. The van der Waals surface area contributed by atoms with Crippen LogP contribution >= 0.6 is 23.7 Å². The van der Waals surface area contributed by atoms with Gasteiger partial charge in [-0.1, -0.05) is 23.4 Å². The van der Waals surface area contributed by atoms with E-state index in [0.29, 0.717) is 24.4 Å². The number of hydrogen-bond donors (Lipinski definition) is 2. The summed E-state index contributed by atoms with van der Waals surface area (Å²) in [5.74, 6) is -0.237. The minimum atomic E-state index is -0.679. The molecule has 0 spiro atoms. The molecule has 0 aliphatic rings. The molecule has 2 heterocycles. The third-order valence-corrected chi connectivity index (χ3v) is 4.63. The fourth-order valence-electron chi connectivity index (χ4n) is 2.32. The number of halogens is 1. The molecule has 0 atom stereocenters. The van der Waals surface area contributed by atoms with Crippen molar-refractivity contribution in [3.8, 4) is 5.69 Å². The van der Waals surface area contributed by atoms with Crippen molar-refractivity contribution in [2.45, 2.75) is 25.8 Å². The lowest BCUT2D eigenvalue weighted by molar-refractivity contribution is 0.0905. The Hall–Kier alpha value is -2.29. The molecule has 0 saturated heterocycles. The maximum Gasteiger partial charge on any atom is 0.271 e. The van der Waals surface area contributed by atoms with Crippen molar-refractivity contribution in [3.63, 3.8) is 0 Å². The summed E-state index contributed by atoms with van der Waals surface area (Å²) in [6.45, 7) is 4.29. The van der Waals surface area contributed by atoms with Crippen molar-refractivity contribution < 1.29 is 4.79 Å². The SMILES string of the molecule is CC(C)(NC(=O)c1csc(CCN)n1)c1cn(-c2ccccc2)nn1.Cl. The number of nitrogens with two attached hydrogens (primary N) is 1. The van der Waals surface area contributed by atoms with Gasteiger partial charge in [-0.15, -0.1) is 28.8 Å². The van der Waals surface area contributed by atoms with E-state index in [-0.39, 0.29) is 18.3 Å². The quantitative estimate of drug-likeness (QED) is 0.670. The van der Waals surface area contributed by atoms with Crippen LogP contribution in [-0.4, -0.2) is 32.4 Å². The van der Waals surface area contributed by atoms with Gasteiger partial charge < -0.3 is 11.1 Å². The van der Waals surface area contributed by atoms with Crippen molar-refractivity contribution in [3.05, 3.63) is 58.3 Å². The van der Waals surface area contributed by atoms with Gasteiger partial charge in [0.05, 0.1) is 22.4 Å². The third-order valence-electron chi connectivity index (χ3n) is 3.72. The summed E-state index contributed by atoms with van der Waals surface area (Å²) in [5, 5.41) is 13.9. The first-order valence-corrected chi connectivity index (χ1v) is 8.83. The van der Waals surface area contributed by atoms with E-state index < -0.39 is 5.54 Å². The molecule has 3 rings (SSSR count). The molecule has 0 fully saturated rings. The number of benzene rings is 1. The average Bonchev–Trinajstić information content (AvgIpc) is 3.25. The number of hydrogen-bond acceptors (Lipinski definition) is 6. The third kappa shape index (κ3) is 4.46. The van der Waals surface area contributed by atoms with Gasteiger partial charge >= 0.3 is 0 Å². The predicted octanol–water partition coefficient (Wildman–Crippen LogP) is 2.31. The maximum atomic E-state index is 12.5. The smallest absolute Gasteiger partial charge is 0.271 e. The van der Waals surface area contributed by atoms with E-state index in [9.17, 15) is 4.79 Å². The largest absolute Gasteiger partial charge is 0.340 e. The lowest BCUT2D eigenvalue weighted by Crippen LogP contribution is -2.41. The van der Waals surface area contributed by atoms with Gasteiger partial charge in [-0.25, -0.2) is 9.67 Å². The van der Waals surface area contributed by atoms with Crippen LogP contribution in [0.1, 0.15) is 35.0 Å². The molecule has 7 nitrogen and oxygen atoms in total.